The highest BCUT2D eigenvalue weighted by atomic mass is 31.2. The summed E-state index contributed by atoms with van der Waals surface area (Å²) in [6.07, 6.45) is -1.77. The van der Waals surface area contributed by atoms with E-state index in [1.807, 2.05) is 13.8 Å². The van der Waals surface area contributed by atoms with E-state index >= 15 is 8.78 Å². The summed E-state index contributed by atoms with van der Waals surface area (Å²) < 4.78 is 67.2. The zero-order valence-electron chi connectivity index (χ0n) is 22.2. The van der Waals surface area contributed by atoms with Gasteiger partial charge in [0.05, 0.1) is 0 Å². The number of carbonyl (C=O) groups excluding carboxylic acids is 1. The Hall–Kier alpha value is -3.16. The number of hydrogen-bond acceptors (Lipinski definition) is 10. The van der Waals surface area contributed by atoms with Crippen molar-refractivity contribution in [1.82, 2.24) is 14.6 Å². The Balaban J connectivity index is 1.87. The van der Waals surface area contributed by atoms with Crippen LogP contribution in [0, 0.1) is 0 Å². The molecule has 0 spiro atoms. The van der Waals surface area contributed by atoms with Gasteiger partial charge in [-0.15, -0.1) is 6.58 Å². The van der Waals surface area contributed by atoms with Gasteiger partial charge in [0.2, 0.25) is 0 Å². The summed E-state index contributed by atoms with van der Waals surface area (Å²) in [7, 11) is -4.67. The number of nitrogens with zero attached hydrogens (tertiary/aromatic N) is 2. The maximum absolute atomic E-state index is 15.9. The molecule has 0 bridgehead atoms. The molecular weight excluding hydrogens is 553 g/mol. The number of nitrogens with one attached hydrogen (secondary N) is 1. The summed E-state index contributed by atoms with van der Waals surface area (Å²) in [4.78, 5) is 28.4. The minimum atomic E-state index is -4.67. The summed E-state index contributed by atoms with van der Waals surface area (Å²) in [5.74, 6) is -4.32. The van der Waals surface area contributed by atoms with E-state index in [-0.39, 0.29) is 11.6 Å². The molecule has 0 aliphatic carbocycles. The van der Waals surface area contributed by atoms with Gasteiger partial charge in [0, 0.05) is 6.20 Å². The zero-order chi connectivity index (χ0) is 29.7. The lowest BCUT2D eigenvalue weighted by molar-refractivity contribution is -0.203. The minimum Gasteiger partial charge on any atom is -0.461 e. The van der Waals surface area contributed by atoms with E-state index in [9.17, 15) is 19.3 Å². The van der Waals surface area contributed by atoms with Gasteiger partial charge in [-0.25, -0.2) is 22.9 Å². The van der Waals surface area contributed by atoms with Gasteiger partial charge in [0.25, 0.3) is 5.85 Å². The van der Waals surface area contributed by atoms with Gasteiger partial charge in [-0.2, -0.15) is 10.1 Å². The molecule has 2 aromatic rings. The van der Waals surface area contributed by atoms with Crippen LogP contribution >= 0.6 is 7.75 Å². The third-order valence-corrected chi connectivity index (χ3v) is 7.73. The van der Waals surface area contributed by atoms with Crippen LogP contribution < -0.4 is 21.0 Å². The molecule has 40 heavy (non-hydrogen) atoms. The van der Waals surface area contributed by atoms with E-state index in [2.05, 4.69) is 16.7 Å². The molecule has 1 aromatic carbocycles. The molecular formula is C25H33F2N4O8P. The fraction of sp³-hybridized carbons (Fsp3) is 0.480. The molecule has 2 heterocycles. The molecule has 6 atom stereocenters. The maximum Gasteiger partial charge on any atom is 0.459 e. The second-order valence-corrected chi connectivity index (χ2v) is 10.9. The van der Waals surface area contributed by atoms with Crippen LogP contribution in [0.2, 0.25) is 0 Å². The lowest BCUT2D eigenvalue weighted by atomic mass is 9.97. The molecule has 4 N–H and O–H groups in total. The number of aliphatic hydroxyl groups excluding tert-OH is 1. The Bertz CT molecular complexity index is 1290. The summed E-state index contributed by atoms with van der Waals surface area (Å²) in [6, 6.07) is 7.35. The fourth-order valence-electron chi connectivity index (χ4n) is 3.92. The van der Waals surface area contributed by atoms with Crippen LogP contribution in [0.4, 0.5) is 14.6 Å². The second kappa shape index (κ2) is 12.6. The highest BCUT2D eigenvalue weighted by Crippen LogP contribution is 2.51. The van der Waals surface area contributed by atoms with Crippen LogP contribution in [0.25, 0.3) is 0 Å². The van der Waals surface area contributed by atoms with Crippen molar-refractivity contribution in [2.45, 2.75) is 69.6 Å². The predicted octanol–water partition coefficient (Wildman–Crippen LogP) is 3.19. The van der Waals surface area contributed by atoms with Crippen LogP contribution in [0.3, 0.4) is 0 Å². The van der Waals surface area contributed by atoms with Crippen LogP contribution in [-0.4, -0.2) is 57.0 Å². The number of hydrogen-bond donors (Lipinski definition) is 3. The van der Waals surface area contributed by atoms with Gasteiger partial charge in [-0.1, -0.05) is 38.1 Å². The summed E-state index contributed by atoms with van der Waals surface area (Å²) in [5, 5.41) is 12.9. The monoisotopic (exact) mass is 586 g/mol. The Morgan fingerprint density at radius 2 is 1.98 bits per heavy atom. The molecule has 3 rings (SSSR count). The lowest BCUT2D eigenvalue weighted by Crippen LogP contribution is -2.47. The van der Waals surface area contributed by atoms with E-state index in [1.165, 1.54) is 12.1 Å². The fourth-order valence-corrected chi connectivity index (χ4v) is 5.39. The van der Waals surface area contributed by atoms with E-state index in [4.69, 9.17) is 24.3 Å². The average molecular weight is 587 g/mol. The summed E-state index contributed by atoms with van der Waals surface area (Å²) >= 11 is 0. The number of nitrogen functional groups attached to an aromatic ring is 1. The highest BCUT2D eigenvalue weighted by Gasteiger charge is 2.65. The van der Waals surface area contributed by atoms with E-state index in [0.717, 1.165) is 25.3 Å². The molecule has 1 aromatic heterocycles. The van der Waals surface area contributed by atoms with Crippen molar-refractivity contribution in [3.63, 3.8) is 0 Å². The van der Waals surface area contributed by atoms with Crippen molar-refractivity contribution in [2.75, 3.05) is 12.3 Å². The van der Waals surface area contributed by atoms with Crippen molar-refractivity contribution >= 4 is 19.5 Å². The molecule has 0 amide bonds. The maximum atomic E-state index is 15.9. The van der Waals surface area contributed by atoms with Gasteiger partial charge in [0.15, 0.2) is 18.0 Å². The zero-order valence-corrected chi connectivity index (χ0v) is 23.1. The number of ether oxygens (including phenoxy) is 2. The highest BCUT2D eigenvalue weighted by molar-refractivity contribution is 7.52. The third-order valence-electron chi connectivity index (χ3n) is 6.22. The molecule has 1 unspecified atom stereocenters. The second-order valence-electron chi connectivity index (χ2n) is 9.25. The number of para-hydroxylation sites is 1. The number of rotatable bonds is 13. The number of nitrogens with two attached hydrogens (primary N) is 1. The Kier molecular flexibility index (Phi) is 9.85. The molecule has 0 radical (unpaired) electrons. The van der Waals surface area contributed by atoms with Crippen LogP contribution in [-0.2, 0) is 23.4 Å². The van der Waals surface area contributed by atoms with E-state index in [1.54, 1.807) is 18.2 Å². The normalized spacial score (nSPS) is 26.7. The smallest absolute Gasteiger partial charge is 0.459 e. The third kappa shape index (κ3) is 6.94. The number of carbonyl (C=O) groups is 1. The SMILES string of the molecule is C=C[C@H](NP(=O)(OC[C@@]1(F)O[C@@H](n2ccc(N)nc2=O)[C@](C)(F)[C@@H]1O)Oc1ccccc1)C(=O)OC(CC)CC. The van der Waals surface area contributed by atoms with Crippen LogP contribution in [0.1, 0.15) is 39.8 Å². The van der Waals surface area contributed by atoms with Gasteiger partial charge in [0.1, 0.15) is 30.3 Å². The first-order chi connectivity index (χ1) is 18.8. The molecule has 0 saturated carbocycles. The van der Waals surface area contributed by atoms with Crippen LogP contribution in [0.15, 0.2) is 60.0 Å². The van der Waals surface area contributed by atoms with Gasteiger partial charge >= 0.3 is 19.4 Å². The number of benzene rings is 1. The Morgan fingerprint density at radius 1 is 1.32 bits per heavy atom. The van der Waals surface area contributed by atoms with Gasteiger partial charge in [-0.05, 0) is 38.0 Å². The van der Waals surface area contributed by atoms with E-state index < -0.39 is 62.0 Å². The number of esters is 1. The first-order valence-corrected chi connectivity index (χ1v) is 14.0. The quantitative estimate of drug-likeness (QED) is 0.179. The molecule has 15 heteroatoms. The molecule has 12 nitrogen and oxygen atoms in total. The molecule has 1 aliphatic heterocycles. The van der Waals surface area contributed by atoms with Crippen molar-refractivity contribution < 1.29 is 41.8 Å². The molecule has 1 saturated heterocycles. The minimum absolute atomic E-state index is 0.0167. The predicted molar refractivity (Wildman–Crippen MR) is 141 cm³/mol. The lowest BCUT2D eigenvalue weighted by Gasteiger charge is -2.28. The van der Waals surface area contributed by atoms with Gasteiger partial charge in [-0.3, -0.25) is 9.09 Å². The first-order valence-electron chi connectivity index (χ1n) is 12.5. The number of anilines is 1. The first kappa shape index (κ1) is 31.4. The average Bonchev–Trinajstić information content (AvgIpc) is 3.10. The van der Waals surface area contributed by atoms with Crippen molar-refractivity contribution in [3.05, 3.63) is 65.7 Å². The number of halogens is 2. The summed E-state index contributed by atoms with van der Waals surface area (Å²) in [6.45, 7) is 6.65. The van der Waals surface area contributed by atoms with E-state index in [0.29, 0.717) is 17.4 Å². The van der Waals surface area contributed by atoms with Crippen molar-refractivity contribution in [3.8, 4) is 5.75 Å². The Morgan fingerprint density at radius 3 is 2.55 bits per heavy atom. The standard InChI is InChI=1S/C25H33F2N4O8P/c1-5-16(6-2)37-20(32)18(7-3)30-40(35,39-17-11-9-8-10-12-17)36-15-25(27)21(33)24(4,26)22(38-25)31-14-13-19(28)29-23(31)34/h7-14,16,18,21-22,33H,3,5-6,15H2,1-2,4H3,(H,30,35)(H2,28,29,34)/t18-,21-,22+,24+,25+,40?/m0/s1. The Labute approximate surface area is 229 Å². The molecule has 220 valence electrons. The molecule has 1 fully saturated rings. The number of aliphatic hydroxyl groups is 1. The number of aromatic nitrogens is 2. The number of alkyl halides is 2. The molecule has 1 aliphatic rings. The van der Waals surface area contributed by atoms with Crippen molar-refractivity contribution in [2.24, 2.45) is 0 Å². The van der Waals surface area contributed by atoms with Gasteiger partial charge < -0.3 is 24.8 Å². The van der Waals surface area contributed by atoms with Crippen LogP contribution in [0.5, 0.6) is 5.75 Å². The summed E-state index contributed by atoms with van der Waals surface area (Å²) in [5.41, 5.74) is 1.52. The largest absolute Gasteiger partial charge is 0.461 e. The van der Waals surface area contributed by atoms with Crippen molar-refractivity contribution in [1.29, 1.82) is 0 Å². The topological polar surface area (TPSA) is 164 Å².